The summed E-state index contributed by atoms with van der Waals surface area (Å²) in [6.45, 7) is 2.02. The van der Waals surface area contributed by atoms with Gasteiger partial charge in [-0.15, -0.1) is 10.2 Å². The van der Waals surface area contributed by atoms with E-state index in [-0.39, 0.29) is 17.9 Å². The number of carbonyl (C=O) groups excluding carboxylic acids is 2. The standard InChI is InChI=1S/C9H12N4O3/c1-5-12-13-8(16-5)4-10-6-2-3-7(14)11-9(6)15/h6,10H,2-4H2,1H3,(H,11,14,15). The number of nitrogens with zero attached hydrogens (tertiary/aromatic N) is 2. The molecule has 0 bridgehead atoms. The van der Waals surface area contributed by atoms with Gasteiger partial charge in [-0.25, -0.2) is 0 Å². The molecule has 0 radical (unpaired) electrons. The topological polar surface area (TPSA) is 97.1 Å². The molecule has 2 amide bonds. The molecule has 86 valence electrons. The monoisotopic (exact) mass is 224 g/mol. The fourth-order valence-corrected chi connectivity index (χ4v) is 1.51. The van der Waals surface area contributed by atoms with Crippen molar-refractivity contribution in [2.75, 3.05) is 0 Å². The van der Waals surface area contributed by atoms with Crippen LogP contribution in [0.15, 0.2) is 4.42 Å². The van der Waals surface area contributed by atoms with Crippen LogP contribution < -0.4 is 10.6 Å². The summed E-state index contributed by atoms with van der Waals surface area (Å²) in [5.41, 5.74) is 0. The van der Waals surface area contributed by atoms with Crippen molar-refractivity contribution < 1.29 is 14.0 Å². The molecule has 7 heteroatoms. The van der Waals surface area contributed by atoms with Crippen molar-refractivity contribution in [2.45, 2.75) is 32.4 Å². The van der Waals surface area contributed by atoms with Crippen molar-refractivity contribution >= 4 is 11.8 Å². The minimum atomic E-state index is -0.370. The molecule has 0 saturated carbocycles. The van der Waals surface area contributed by atoms with Gasteiger partial charge in [-0.05, 0) is 6.42 Å². The van der Waals surface area contributed by atoms with E-state index < -0.39 is 0 Å². The van der Waals surface area contributed by atoms with Crippen molar-refractivity contribution in [3.63, 3.8) is 0 Å². The summed E-state index contributed by atoms with van der Waals surface area (Å²) in [6.07, 6.45) is 0.851. The second kappa shape index (κ2) is 4.40. The number of aromatic nitrogens is 2. The molecule has 2 rings (SSSR count). The van der Waals surface area contributed by atoms with Crippen LogP contribution in [-0.2, 0) is 16.1 Å². The van der Waals surface area contributed by atoms with Crippen LogP contribution in [0.2, 0.25) is 0 Å². The molecule has 7 nitrogen and oxygen atoms in total. The average Bonchev–Trinajstić information content (AvgIpc) is 2.63. The molecule has 1 fully saturated rings. The molecule has 1 atom stereocenters. The Kier molecular flexibility index (Phi) is 2.95. The second-order valence-electron chi connectivity index (χ2n) is 3.60. The maximum Gasteiger partial charge on any atom is 0.243 e. The van der Waals surface area contributed by atoms with Gasteiger partial charge in [0, 0.05) is 13.3 Å². The Morgan fingerprint density at radius 2 is 2.31 bits per heavy atom. The Hall–Kier alpha value is -1.76. The minimum absolute atomic E-state index is 0.225. The lowest BCUT2D eigenvalue weighted by Crippen LogP contribution is -2.50. The number of rotatable bonds is 3. The van der Waals surface area contributed by atoms with Gasteiger partial charge in [-0.3, -0.25) is 20.2 Å². The summed E-state index contributed by atoms with van der Waals surface area (Å²) in [4.78, 5) is 22.3. The van der Waals surface area contributed by atoms with Gasteiger partial charge in [0.25, 0.3) is 0 Å². The van der Waals surface area contributed by atoms with Crippen molar-refractivity contribution in [1.29, 1.82) is 0 Å². The van der Waals surface area contributed by atoms with E-state index in [0.29, 0.717) is 31.2 Å². The third-order valence-corrected chi connectivity index (χ3v) is 2.31. The van der Waals surface area contributed by atoms with Gasteiger partial charge in [-0.2, -0.15) is 0 Å². The van der Waals surface area contributed by atoms with Crippen molar-refractivity contribution in [2.24, 2.45) is 0 Å². The number of imide groups is 1. The Morgan fingerprint density at radius 3 is 2.94 bits per heavy atom. The number of hydrogen-bond donors (Lipinski definition) is 2. The van der Waals surface area contributed by atoms with Crippen LogP contribution in [0.1, 0.15) is 24.6 Å². The van der Waals surface area contributed by atoms with Crippen LogP contribution in [0.3, 0.4) is 0 Å². The maximum absolute atomic E-state index is 11.4. The van der Waals surface area contributed by atoms with E-state index in [1.807, 2.05) is 0 Å². The number of hydrogen-bond acceptors (Lipinski definition) is 6. The summed E-state index contributed by atoms with van der Waals surface area (Å²) in [5, 5.41) is 12.7. The predicted octanol–water partition coefficient (Wildman–Crippen LogP) is -0.727. The lowest BCUT2D eigenvalue weighted by atomic mass is 10.1. The van der Waals surface area contributed by atoms with Gasteiger partial charge in [0.1, 0.15) is 0 Å². The highest BCUT2D eigenvalue weighted by Gasteiger charge is 2.26. The summed E-state index contributed by atoms with van der Waals surface area (Å²) >= 11 is 0. The van der Waals surface area contributed by atoms with Crippen molar-refractivity contribution in [1.82, 2.24) is 20.8 Å². The van der Waals surface area contributed by atoms with Crippen molar-refractivity contribution in [3.8, 4) is 0 Å². The number of aryl methyl sites for hydroxylation is 1. The number of carbonyl (C=O) groups is 2. The molecule has 16 heavy (non-hydrogen) atoms. The highest BCUT2D eigenvalue weighted by atomic mass is 16.4. The smallest absolute Gasteiger partial charge is 0.243 e. The van der Waals surface area contributed by atoms with Gasteiger partial charge in [0.2, 0.25) is 23.6 Å². The van der Waals surface area contributed by atoms with Crippen LogP contribution in [0.5, 0.6) is 0 Å². The molecule has 0 spiro atoms. The quantitative estimate of drug-likeness (QED) is 0.657. The van der Waals surface area contributed by atoms with E-state index in [1.54, 1.807) is 6.92 Å². The Morgan fingerprint density at radius 1 is 1.50 bits per heavy atom. The fourth-order valence-electron chi connectivity index (χ4n) is 1.51. The molecule has 0 aromatic carbocycles. The number of amides is 2. The van der Waals surface area contributed by atoms with Crippen LogP contribution in [0, 0.1) is 6.92 Å². The molecule has 1 aliphatic heterocycles. The lowest BCUT2D eigenvalue weighted by molar-refractivity contribution is -0.134. The summed E-state index contributed by atoms with van der Waals surface area (Å²) in [7, 11) is 0. The van der Waals surface area contributed by atoms with Gasteiger partial charge in [-0.1, -0.05) is 0 Å². The van der Waals surface area contributed by atoms with Gasteiger partial charge >= 0.3 is 0 Å². The highest BCUT2D eigenvalue weighted by Crippen LogP contribution is 2.05. The zero-order chi connectivity index (χ0) is 11.5. The largest absolute Gasteiger partial charge is 0.424 e. The average molecular weight is 224 g/mol. The van der Waals surface area contributed by atoms with E-state index in [0.717, 1.165) is 0 Å². The van der Waals surface area contributed by atoms with Crippen LogP contribution >= 0.6 is 0 Å². The summed E-state index contributed by atoms with van der Waals surface area (Å²) in [5.74, 6) is 0.395. The first-order valence-electron chi connectivity index (χ1n) is 5.01. The van der Waals surface area contributed by atoms with E-state index in [2.05, 4.69) is 20.8 Å². The molecular weight excluding hydrogens is 212 g/mol. The first kappa shape index (κ1) is 10.7. The first-order valence-corrected chi connectivity index (χ1v) is 5.01. The summed E-state index contributed by atoms with van der Waals surface area (Å²) in [6, 6.07) is -0.370. The highest BCUT2D eigenvalue weighted by molar-refractivity contribution is 6.00. The zero-order valence-corrected chi connectivity index (χ0v) is 8.82. The fraction of sp³-hybridized carbons (Fsp3) is 0.556. The first-order chi connectivity index (χ1) is 7.65. The summed E-state index contributed by atoms with van der Waals surface area (Å²) < 4.78 is 5.15. The SMILES string of the molecule is Cc1nnc(CNC2CCC(=O)NC2=O)o1. The lowest BCUT2D eigenvalue weighted by Gasteiger charge is -2.20. The second-order valence-corrected chi connectivity index (χ2v) is 3.60. The van der Waals surface area contributed by atoms with Gasteiger partial charge < -0.3 is 4.42 Å². The van der Waals surface area contributed by atoms with Gasteiger partial charge in [0.05, 0.1) is 12.6 Å². The molecule has 1 aromatic heterocycles. The molecule has 1 saturated heterocycles. The Labute approximate surface area is 91.6 Å². The van der Waals surface area contributed by atoms with Crippen molar-refractivity contribution in [3.05, 3.63) is 11.8 Å². The number of piperidine rings is 1. The van der Waals surface area contributed by atoms with Gasteiger partial charge in [0.15, 0.2) is 0 Å². The van der Waals surface area contributed by atoms with Crippen LogP contribution in [0.25, 0.3) is 0 Å². The molecule has 1 aromatic rings. The Balaban J connectivity index is 1.86. The molecule has 0 aliphatic carbocycles. The number of nitrogens with one attached hydrogen (secondary N) is 2. The third-order valence-electron chi connectivity index (χ3n) is 2.31. The molecular formula is C9H12N4O3. The molecule has 2 heterocycles. The molecule has 1 unspecified atom stereocenters. The zero-order valence-electron chi connectivity index (χ0n) is 8.82. The van der Waals surface area contributed by atoms with E-state index in [1.165, 1.54) is 0 Å². The molecule has 1 aliphatic rings. The normalized spacial score (nSPS) is 20.9. The molecule has 2 N–H and O–H groups in total. The van der Waals surface area contributed by atoms with E-state index in [9.17, 15) is 9.59 Å². The predicted molar refractivity (Wildman–Crippen MR) is 52.0 cm³/mol. The minimum Gasteiger partial charge on any atom is -0.424 e. The van der Waals surface area contributed by atoms with Crippen LogP contribution in [0.4, 0.5) is 0 Å². The third kappa shape index (κ3) is 2.43. The Bertz CT molecular complexity index is 415. The van der Waals surface area contributed by atoms with E-state index in [4.69, 9.17) is 4.42 Å². The maximum atomic E-state index is 11.4. The van der Waals surface area contributed by atoms with Crippen LogP contribution in [-0.4, -0.2) is 28.1 Å². The van der Waals surface area contributed by atoms with E-state index >= 15 is 0 Å².